The average molecular weight is 343 g/mol. The molecule has 1 unspecified atom stereocenters. The van der Waals surface area contributed by atoms with Crippen molar-refractivity contribution in [3.8, 4) is 0 Å². The normalized spacial score (nSPS) is 12.9. The molecule has 6 heteroatoms. The van der Waals surface area contributed by atoms with Gasteiger partial charge in [-0.1, -0.05) is 0 Å². The summed E-state index contributed by atoms with van der Waals surface area (Å²) in [6, 6.07) is 4.57. The number of carbonyl (C=O) groups is 1. The lowest BCUT2D eigenvalue weighted by molar-refractivity contribution is 0.0526. The number of rotatable bonds is 9. The molecule has 1 aromatic heterocycles. The van der Waals surface area contributed by atoms with Crippen LogP contribution in [0.2, 0.25) is 0 Å². The third kappa shape index (κ3) is 9.58. The Kier molecular flexibility index (Phi) is 8.58. The van der Waals surface area contributed by atoms with Crippen molar-refractivity contribution >= 4 is 17.4 Å². The molecule has 2 N–H and O–H groups in total. The van der Waals surface area contributed by atoms with Gasteiger partial charge >= 0.3 is 6.09 Å². The van der Waals surface area contributed by atoms with E-state index in [0.29, 0.717) is 13.2 Å². The highest BCUT2D eigenvalue weighted by Gasteiger charge is 2.15. The highest BCUT2D eigenvalue weighted by Crippen LogP contribution is 2.15. The zero-order chi connectivity index (χ0) is 17.3. The zero-order valence-electron chi connectivity index (χ0n) is 14.9. The van der Waals surface area contributed by atoms with E-state index >= 15 is 0 Å². The van der Waals surface area contributed by atoms with Gasteiger partial charge in [-0.05, 0) is 52.7 Å². The molecular formula is C17H30N2O3S. The fourth-order valence-electron chi connectivity index (χ4n) is 2.12. The molecule has 0 saturated carbocycles. The van der Waals surface area contributed by atoms with E-state index in [-0.39, 0.29) is 12.1 Å². The molecule has 0 aromatic carbocycles. The molecule has 0 spiro atoms. The number of amides is 1. The lowest BCUT2D eigenvalue weighted by atomic mass is 10.1. The van der Waals surface area contributed by atoms with Crippen LogP contribution < -0.4 is 10.6 Å². The van der Waals surface area contributed by atoms with Gasteiger partial charge in [0.1, 0.15) is 5.60 Å². The highest BCUT2D eigenvalue weighted by atomic mass is 32.1. The molecule has 0 aliphatic carbocycles. The predicted molar refractivity (Wildman–Crippen MR) is 95.0 cm³/mol. The largest absolute Gasteiger partial charge is 0.444 e. The van der Waals surface area contributed by atoms with Crippen molar-refractivity contribution in [1.29, 1.82) is 0 Å². The van der Waals surface area contributed by atoms with Crippen molar-refractivity contribution in [2.24, 2.45) is 0 Å². The Bertz CT molecular complexity index is 469. The van der Waals surface area contributed by atoms with Gasteiger partial charge in [0.2, 0.25) is 0 Å². The van der Waals surface area contributed by atoms with E-state index in [1.54, 1.807) is 7.11 Å². The number of carbonyl (C=O) groups excluding carboxylic acids is 1. The monoisotopic (exact) mass is 342 g/mol. The maximum Gasteiger partial charge on any atom is 0.407 e. The van der Waals surface area contributed by atoms with E-state index < -0.39 is 5.60 Å². The minimum absolute atomic E-state index is 0.280. The molecule has 1 rings (SSSR count). The Hall–Kier alpha value is -1.11. The number of hydrogen-bond acceptors (Lipinski definition) is 5. The molecule has 0 bridgehead atoms. The predicted octanol–water partition coefficient (Wildman–Crippen LogP) is 3.47. The summed E-state index contributed by atoms with van der Waals surface area (Å²) in [5, 5.41) is 6.30. The van der Waals surface area contributed by atoms with Crippen LogP contribution >= 0.6 is 11.3 Å². The third-order valence-electron chi connectivity index (χ3n) is 3.13. The van der Waals surface area contributed by atoms with Crippen LogP contribution in [0, 0.1) is 6.92 Å². The van der Waals surface area contributed by atoms with Crippen molar-refractivity contribution in [3.63, 3.8) is 0 Å². The summed E-state index contributed by atoms with van der Waals surface area (Å²) in [5.41, 5.74) is -0.455. The van der Waals surface area contributed by atoms with E-state index in [1.165, 1.54) is 9.75 Å². The second-order valence-electron chi connectivity index (χ2n) is 6.62. The van der Waals surface area contributed by atoms with Gasteiger partial charge in [-0.25, -0.2) is 4.79 Å². The van der Waals surface area contributed by atoms with Gasteiger partial charge in [-0.3, -0.25) is 0 Å². The summed E-state index contributed by atoms with van der Waals surface area (Å²) < 4.78 is 10.5. The topological polar surface area (TPSA) is 59.6 Å². The molecule has 0 aliphatic heterocycles. The molecule has 0 fully saturated rings. The number of aryl methyl sites for hydroxylation is 1. The van der Waals surface area contributed by atoms with E-state index in [2.05, 4.69) is 29.7 Å². The van der Waals surface area contributed by atoms with Crippen LogP contribution in [0.25, 0.3) is 0 Å². The van der Waals surface area contributed by atoms with E-state index in [0.717, 1.165) is 19.4 Å². The first-order chi connectivity index (χ1) is 10.8. The van der Waals surface area contributed by atoms with Crippen LogP contribution in [-0.2, 0) is 16.0 Å². The molecule has 0 aliphatic rings. The fourth-order valence-corrected chi connectivity index (χ4v) is 2.96. The maximum absolute atomic E-state index is 11.6. The number of alkyl carbamates (subject to hydrolysis) is 1. The SMILES string of the molecule is COCC(CCCNC(=O)OC(C)(C)C)NCc1ccc(C)s1. The van der Waals surface area contributed by atoms with E-state index in [1.807, 2.05) is 32.1 Å². The second kappa shape index (κ2) is 9.90. The minimum atomic E-state index is -0.455. The molecule has 1 atom stereocenters. The van der Waals surface area contributed by atoms with Crippen molar-refractivity contribution in [1.82, 2.24) is 10.6 Å². The standard InChI is InChI=1S/C17H30N2O3S/c1-13-8-9-15(23-13)11-19-14(12-21-5)7-6-10-18-16(20)22-17(2,3)4/h8-9,14,19H,6-7,10-12H2,1-5H3,(H,18,20). The van der Waals surface area contributed by atoms with Gasteiger partial charge in [0.25, 0.3) is 0 Å². The van der Waals surface area contributed by atoms with Gasteiger partial charge in [0, 0.05) is 36.0 Å². The number of ether oxygens (including phenoxy) is 2. The summed E-state index contributed by atoms with van der Waals surface area (Å²) in [6.45, 7) is 9.81. The molecule has 1 heterocycles. The van der Waals surface area contributed by atoms with Crippen molar-refractivity contribution in [2.45, 2.75) is 58.7 Å². The molecule has 1 aromatic rings. The fraction of sp³-hybridized carbons (Fsp3) is 0.706. The maximum atomic E-state index is 11.6. The zero-order valence-corrected chi connectivity index (χ0v) is 15.7. The summed E-state index contributed by atoms with van der Waals surface area (Å²) >= 11 is 1.81. The quantitative estimate of drug-likeness (QED) is 0.675. The Labute approximate surface area is 143 Å². The molecule has 5 nitrogen and oxygen atoms in total. The summed E-state index contributed by atoms with van der Waals surface area (Å²) in [4.78, 5) is 14.2. The number of nitrogens with one attached hydrogen (secondary N) is 2. The molecule has 0 saturated heterocycles. The molecule has 132 valence electrons. The first-order valence-electron chi connectivity index (χ1n) is 8.04. The molecule has 1 amide bonds. The smallest absolute Gasteiger partial charge is 0.407 e. The Morgan fingerprint density at radius 1 is 1.35 bits per heavy atom. The summed E-state index contributed by atoms with van der Waals surface area (Å²) in [6.07, 6.45) is 1.46. The minimum Gasteiger partial charge on any atom is -0.444 e. The van der Waals surface area contributed by atoms with Crippen LogP contribution in [0.3, 0.4) is 0 Å². The van der Waals surface area contributed by atoms with E-state index in [4.69, 9.17) is 9.47 Å². The first kappa shape index (κ1) is 19.9. The van der Waals surface area contributed by atoms with E-state index in [9.17, 15) is 4.79 Å². The number of methoxy groups -OCH3 is 1. The van der Waals surface area contributed by atoms with Crippen molar-refractivity contribution < 1.29 is 14.3 Å². The van der Waals surface area contributed by atoms with Crippen LogP contribution in [0.4, 0.5) is 4.79 Å². The Morgan fingerprint density at radius 3 is 2.65 bits per heavy atom. The Morgan fingerprint density at radius 2 is 2.09 bits per heavy atom. The lowest BCUT2D eigenvalue weighted by Gasteiger charge is -2.20. The summed E-state index contributed by atoms with van der Waals surface area (Å²) in [7, 11) is 1.71. The van der Waals surface area contributed by atoms with Gasteiger partial charge in [-0.15, -0.1) is 11.3 Å². The van der Waals surface area contributed by atoms with Gasteiger partial charge in [0.05, 0.1) is 6.61 Å². The van der Waals surface area contributed by atoms with Crippen molar-refractivity contribution in [3.05, 3.63) is 21.9 Å². The number of thiophene rings is 1. The summed E-state index contributed by atoms with van der Waals surface area (Å²) in [5.74, 6) is 0. The highest BCUT2D eigenvalue weighted by molar-refractivity contribution is 7.11. The molecular weight excluding hydrogens is 312 g/mol. The van der Waals surface area contributed by atoms with Crippen LogP contribution in [-0.4, -0.2) is 38.0 Å². The second-order valence-corrected chi connectivity index (χ2v) is 7.99. The molecule has 23 heavy (non-hydrogen) atoms. The van der Waals surface area contributed by atoms with Crippen LogP contribution in [0.15, 0.2) is 12.1 Å². The first-order valence-corrected chi connectivity index (χ1v) is 8.86. The van der Waals surface area contributed by atoms with Crippen LogP contribution in [0.5, 0.6) is 0 Å². The van der Waals surface area contributed by atoms with Gasteiger partial charge in [-0.2, -0.15) is 0 Å². The average Bonchev–Trinajstić information content (AvgIpc) is 2.84. The van der Waals surface area contributed by atoms with Crippen molar-refractivity contribution in [2.75, 3.05) is 20.3 Å². The number of hydrogen-bond donors (Lipinski definition) is 2. The third-order valence-corrected chi connectivity index (χ3v) is 4.13. The van der Waals surface area contributed by atoms with Gasteiger partial charge < -0.3 is 20.1 Å². The lowest BCUT2D eigenvalue weighted by Crippen LogP contribution is -2.35. The van der Waals surface area contributed by atoms with Crippen LogP contribution in [0.1, 0.15) is 43.4 Å². The van der Waals surface area contributed by atoms with Gasteiger partial charge in [0.15, 0.2) is 0 Å². The Balaban J connectivity index is 2.23. The molecule has 0 radical (unpaired) electrons.